The number of nitrogens with zero attached hydrogens (tertiary/aromatic N) is 3. The highest BCUT2D eigenvalue weighted by molar-refractivity contribution is 5.81. The second-order valence-corrected chi connectivity index (χ2v) is 6.78. The van der Waals surface area contributed by atoms with Crippen LogP contribution in [-0.4, -0.2) is 46.8 Å². The summed E-state index contributed by atoms with van der Waals surface area (Å²) in [4.78, 5) is 26.6. The molecule has 1 aromatic heterocycles. The van der Waals surface area contributed by atoms with Crippen LogP contribution in [0.4, 0.5) is 0 Å². The Morgan fingerprint density at radius 1 is 1.15 bits per heavy atom. The lowest BCUT2D eigenvalue weighted by Crippen LogP contribution is -2.45. The summed E-state index contributed by atoms with van der Waals surface area (Å²) in [6, 6.07) is 12.9. The van der Waals surface area contributed by atoms with Gasteiger partial charge in [0.1, 0.15) is 0 Å². The van der Waals surface area contributed by atoms with E-state index >= 15 is 0 Å². The Labute approximate surface area is 153 Å². The Kier molecular flexibility index (Phi) is 6.17. The molecule has 1 aliphatic heterocycles. The number of hydrogen-bond donors (Lipinski definition) is 1. The van der Waals surface area contributed by atoms with Crippen molar-refractivity contribution >= 4 is 5.91 Å². The summed E-state index contributed by atoms with van der Waals surface area (Å²) in [6.07, 6.45) is 4.30. The van der Waals surface area contributed by atoms with Crippen LogP contribution in [0.15, 0.2) is 47.3 Å². The molecule has 0 aliphatic carbocycles. The first-order valence-electron chi connectivity index (χ1n) is 9.27. The predicted molar refractivity (Wildman–Crippen MR) is 102 cm³/mol. The maximum atomic E-state index is 12.5. The first-order chi connectivity index (χ1) is 12.6. The van der Waals surface area contributed by atoms with Gasteiger partial charge in [0.25, 0.3) is 5.56 Å². The number of likely N-dealkylation sites (N-methyl/N-ethyl adjacent to an activating group) is 1. The fraction of sp³-hybridized carbons (Fsp3) is 0.450. The topological polar surface area (TPSA) is 67.2 Å². The van der Waals surface area contributed by atoms with Crippen molar-refractivity contribution in [3.8, 4) is 11.3 Å². The molecular formula is C20H26N4O2. The summed E-state index contributed by atoms with van der Waals surface area (Å²) in [5.74, 6) is 0.0432. The Bertz CT molecular complexity index is 788. The third-order valence-corrected chi connectivity index (χ3v) is 4.88. The number of aromatic nitrogens is 2. The van der Waals surface area contributed by atoms with Gasteiger partial charge in [-0.25, -0.2) is 4.68 Å². The molecule has 6 heteroatoms. The van der Waals surface area contributed by atoms with Crippen LogP contribution in [0.1, 0.15) is 25.7 Å². The monoisotopic (exact) mass is 354 g/mol. The molecule has 1 N–H and O–H groups in total. The summed E-state index contributed by atoms with van der Waals surface area (Å²) in [7, 11) is 2.00. The number of carbonyl (C=O) groups is 1. The first-order valence-corrected chi connectivity index (χ1v) is 9.27. The van der Waals surface area contributed by atoms with Crippen molar-refractivity contribution in [2.45, 2.75) is 38.3 Å². The summed E-state index contributed by atoms with van der Waals surface area (Å²) in [5.41, 5.74) is 1.55. The van der Waals surface area contributed by atoms with Crippen LogP contribution >= 0.6 is 0 Å². The van der Waals surface area contributed by atoms with Crippen molar-refractivity contribution in [3.63, 3.8) is 0 Å². The smallest absolute Gasteiger partial charge is 0.266 e. The molecule has 0 spiro atoms. The van der Waals surface area contributed by atoms with Gasteiger partial charge in [-0.1, -0.05) is 43.2 Å². The lowest BCUT2D eigenvalue weighted by Gasteiger charge is -2.24. The van der Waals surface area contributed by atoms with Gasteiger partial charge in [0.05, 0.1) is 18.3 Å². The van der Waals surface area contributed by atoms with Crippen LogP contribution < -0.4 is 10.9 Å². The molecule has 1 saturated heterocycles. The van der Waals surface area contributed by atoms with E-state index in [0.29, 0.717) is 13.1 Å². The third kappa shape index (κ3) is 4.58. The molecule has 1 aliphatic rings. The lowest BCUT2D eigenvalue weighted by atomic mass is 10.1. The lowest BCUT2D eigenvalue weighted by molar-refractivity contribution is -0.126. The minimum Gasteiger partial charge on any atom is -0.353 e. The maximum Gasteiger partial charge on any atom is 0.266 e. The fourth-order valence-corrected chi connectivity index (χ4v) is 3.36. The van der Waals surface area contributed by atoms with Crippen molar-refractivity contribution in [2.24, 2.45) is 0 Å². The molecule has 1 amide bonds. The van der Waals surface area contributed by atoms with Crippen LogP contribution in [0.25, 0.3) is 11.3 Å². The molecule has 1 aromatic carbocycles. The van der Waals surface area contributed by atoms with Gasteiger partial charge in [0.2, 0.25) is 5.91 Å². The molecule has 2 aromatic rings. The van der Waals surface area contributed by atoms with Crippen molar-refractivity contribution in [1.29, 1.82) is 0 Å². The van der Waals surface area contributed by atoms with Gasteiger partial charge in [-0.2, -0.15) is 5.10 Å². The van der Waals surface area contributed by atoms with E-state index in [2.05, 4.69) is 15.3 Å². The van der Waals surface area contributed by atoms with E-state index < -0.39 is 0 Å². The molecule has 138 valence electrons. The zero-order valence-corrected chi connectivity index (χ0v) is 15.2. The summed E-state index contributed by atoms with van der Waals surface area (Å²) in [5, 5.41) is 7.39. The minimum absolute atomic E-state index is 0.0432. The van der Waals surface area contributed by atoms with Crippen molar-refractivity contribution in [3.05, 3.63) is 52.8 Å². The maximum absolute atomic E-state index is 12.5. The van der Waals surface area contributed by atoms with E-state index in [0.717, 1.165) is 37.1 Å². The SMILES string of the molecule is CN1CCCCCC1C(=O)NCCn1nc(-c2ccccc2)ccc1=O. The standard InChI is InChI=1S/C20H26N4O2/c1-23-14-7-3-6-10-18(23)20(26)21-13-15-24-19(25)12-11-17(22-24)16-8-4-2-5-9-16/h2,4-5,8-9,11-12,18H,3,6-7,10,13-15H2,1H3,(H,21,26). The van der Waals surface area contributed by atoms with Crippen molar-refractivity contribution in [1.82, 2.24) is 20.0 Å². The highest BCUT2D eigenvalue weighted by atomic mass is 16.2. The van der Waals surface area contributed by atoms with Crippen LogP contribution in [0.2, 0.25) is 0 Å². The molecule has 0 bridgehead atoms. The Balaban J connectivity index is 1.61. The van der Waals surface area contributed by atoms with E-state index in [1.54, 1.807) is 6.07 Å². The van der Waals surface area contributed by atoms with Gasteiger partial charge in [0.15, 0.2) is 0 Å². The zero-order chi connectivity index (χ0) is 18.4. The molecule has 6 nitrogen and oxygen atoms in total. The molecule has 1 atom stereocenters. The van der Waals surface area contributed by atoms with E-state index in [-0.39, 0.29) is 17.5 Å². The molecule has 2 heterocycles. The number of amides is 1. The van der Waals surface area contributed by atoms with Crippen LogP contribution in [0.5, 0.6) is 0 Å². The van der Waals surface area contributed by atoms with Crippen LogP contribution in [-0.2, 0) is 11.3 Å². The molecular weight excluding hydrogens is 328 g/mol. The first kappa shape index (κ1) is 18.3. The van der Waals surface area contributed by atoms with Gasteiger partial charge in [-0.05, 0) is 32.5 Å². The second-order valence-electron chi connectivity index (χ2n) is 6.78. The molecule has 0 radical (unpaired) electrons. The Hall–Kier alpha value is -2.47. The average Bonchev–Trinajstić information content (AvgIpc) is 2.88. The van der Waals surface area contributed by atoms with Crippen LogP contribution in [0, 0.1) is 0 Å². The van der Waals surface area contributed by atoms with Gasteiger partial charge < -0.3 is 5.32 Å². The molecule has 0 saturated carbocycles. The van der Waals surface area contributed by atoms with Gasteiger partial charge in [0, 0.05) is 18.2 Å². The number of hydrogen-bond acceptors (Lipinski definition) is 4. The summed E-state index contributed by atoms with van der Waals surface area (Å²) >= 11 is 0. The van der Waals surface area contributed by atoms with Crippen LogP contribution in [0.3, 0.4) is 0 Å². The van der Waals surface area contributed by atoms with Crippen molar-refractivity contribution in [2.75, 3.05) is 20.1 Å². The Morgan fingerprint density at radius 2 is 1.96 bits per heavy atom. The molecule has 3 rings (SSSR count). The summed E-state index contributed by atoms with van der Waals surface area (Å²) < 4.78 is 1.42. The number of rotatable bonds is 5. The number of likely N-dealkylation sites (tertiary alicyclic amines) is 1. The number of nitrogens with one attached hydrogen (secondary N) is 1. The van der Waals surface area contributed by atoms with E-state index in [9.17, 15) is 9.59 Å². The highest BCUT2D eigenvalue weighted by Gasteiger charge is 2.24. The van der Waals surface area contributed by atoms with Gasteiger partial charge >= 0.3 is 0 Å². The number of benzene rings is 1. The molecule has 1 fully saturated rings. The summed E-state index contributed by atoms with van der Waals surface area (Å²) in [6.45, 7) is 1.72. The van der Waals surface area contributed by atoms with Gasteiger partial charge in [-0.3, -0.25) is 14.5 Å². The van der Waals surface area contributed by atoms with E-state index in [1.165, 1.54) is 17.2 Å². The quantitative estimate of drug-likeness (QED) is 0.891. The normalized spacial score (nSPS) is 18.3. The average molecular weight is 354 g/mol. The Morgan fingerprint density at radius 3 is 2.77 bits per heavy atom. The molecule has 1 unspecified atom stereocenters. The number of carbonyl (C=O) groups excluding carboxylic acids is 1. The van der Waals surface area contributed by atoms with E-state index in [1.807, 2.05) is 37.4 Å². The second kappa shape index (κ2) is 8.76. The minimum atomic E-state index is -0.162. The zero-order valence-electron chi connectivity index (χ0n) is 15.2. The fourth-order valence-electron chi connectivity index (χ4n) is 3.36. The van der Waals surface area contributed by atoms with Crippen molar-refractivity contribution < 1.29 is 4.79 Å². The van der Waals surface area contributed by atoms with E-state index in [4.69, 9.17) is 0 Å². The molecule has 26 heavy (non-hydrogen) atoms. The third-order valence-electron chi connectivity index (χ3n) is 4.88. The highest BCUT2D eigenvalue weighted by Crippen LogP contribution is 2.15. The predicted octanol–water partition coefficient (Wildman–Crippen LogP) is 1.90. The largest absolute Gasteiger partial charge is 0.353 e. The van der Waals surface area contributed by atoms with Gasteiger partial charge in [-0.15, -0.1) is 0 Å².